The number of pyridine rings is 1. The number of carbonyl (C=O) groups is 1. The average Bonchev–Trinajstić information content (AvgIpc) is 2.79. The quantitative estimate of drug-likeness (QED) is 0.883. The Morgan fingerprint density at radius 1 is 1.12 bits per heavy atom. The molecule has 0 spiro atoms. The van der Waals surface area contributed by atoms with Gasteiger partial charge in [-0.25, -0.2) is 4.98 Å². The van der Waals surface area contributed by atoms with Gasteiger partial charge in [-0.2, -0.15) is 0 Å². The number of nitrogens with two attached hydrogens (primary N) is 1. The summed E-state index contributed by atoms with van der Waals surface area (Å²) in [5, 5.41) is 0. The van der Waals surface area contributed by atoms with E-state index in [1.165, 1.54) is 37.7 Å². The zero-order chi connectivity index (χ0) is 18.1. The van der Waals surface area contributed by atoms with Crippen molar-refractivity contribution in [2.45, 2.75) is 51.0 Å². The molecule has 1 aromatic carbocycles. The Morgan fingerprint density at radius 2 is 1.85 bits per heavy atom. The normalized spacial score (nSPS) is 21.0. The Labute approximate surface area is 154 Å². The fraction of sp³-hybridized carbons (Fsp3) is 0.429. The van der Waals surface area contributed by atoms with Crippen LogP contribution >= 0.6 is 0 Å². The monoisotopic (exact) mass is 351 g/mol. The first kappa shape index (κ1) is 16.9. The Balaban J connectivity index is 1.64. The number of benzene rings is 1. The number of ether oxygens (including phenoxy) is 1. The minimum absolute atomic E-state index is 0.125. The van der Waals surface area contributed by atoms with Gasteiger partial charge in [0, 0.05) is 11.9 Å². The van der Waals surface area contributed by atoms with Crippen molar-refractivity contribution < 1.29 is 9.53 Å². The molecule has 1 atom stereocenters. The van der Waals surface area contributed by atoms with Crippen molar-refractivity contribution in [1.29, 1.82) is 0 Å². The topological polar surface area (TPSA) is 68.5 Å². The molecule has 2 aromatic rings. The van der Waals surface area contributed by atoms with Crippen molar-refractivity contribution in [3.63, 3.8) is 0 Å². The van der Waals surface area contributed by atoms with Gasteiger partial charge in [-0.1, -0.05) is 31.4 Å². The molecule has 0 saturated heterocycles. The molecule has 136 valence electrons. The number of hydrogen-bond acceptors (Lipinski definition) is 4. The lowest BCUT2D eigenvalue weighted by molar-refractivity contribution is 0.0988. The predicted molar refractivity (Wildman–Crippen MR) is 103 cm³/mol. The number of nitrogens with zero attached hydrogens (tertiary/aromatic N) is 2. The lowest BCUT2D eigenvalue weighted by Gasteiger charge is -2.25. The Hall–Kier alpha value is -2.56. The van der Waals surface area contributed by atoms with E-state index >= 15 is 0 Å². The Morgan fingerprint density at radius 3 is 2.58 bits per heavy atom. The van der Waals surface area contributed by atoms with E-state index in [0.717, 1.165) is 5.69 Å². The number of nitrogen functional groups attached to an aromatic ring is 1. The van der Waals surface area contributed by atoms with Crippen molar-refractivity contribution in [2.24, 2.45) is 0 Å². The molecule has 1 fully saturated rings. The highest BCUT2D eigenvalue weighted by Gasteiger charge is 2.30. The zero-order valence-corrected chi connectivity index (χ0v) is 15.1. The maximum atomic E-state index is 13.1. The molecule has 2 aliphatic rings. The molecule has 1 aliphatic carbocycles. The van der Waals surface area contributed by atoms with Crippen molar-refractivity contribution in [3.8, 4) is 5.75 Å². The van der Waals surface area contributed by atoms with Crippen LogP contribution in [-0.2, 0) is 0 Å². The fourth-order valence-electron chi connectivity index (χ4n) is 4.09. The van der Waals surface area contributed by atoms with E-state index in [2.05, 4.69) is 17.1 Å². The van der Waals surface area contributed by atoms with Crippen LogP contribution in [0, 0.1) is 0 Å². The number of carbonyl (C=O) groups excluding carboxylic acids is 1. The second kappa shape index (κ2) is 6.98. The average molecular weight is 351 g/mol. The van der Waals surface area contributed by atoms with Crippen LogP contribution in [-0.4, -0.2) is 23.5 Å². The third kappa shape index (κ3) is 3.14. The number of fused-ring (bicyclic) bond motifs is 1. The highest BCUT2D eigenvalue weighted by Crippen LogP contribution is 2.35. The first-order chi connectivity index (χ1) is 12.6. The Bertz CT molecular complexity index is 797. The third-order valence-corrected chi connectivity index (χ3v) is 5.45. The molecule has 5 heteroatoms. The fourth-order valence-corrected chi connectivity index (χ4v) is 4.09. The van der Waals surface area contributed by atoms with Crippen LogP contribution in [0.1, 0.15) is 60.9 Å². The van der Waals surface area contributed by atoms with Crippen molar-refractivity contribution >= 4 is 17.4 Å². The summed E-state index contributed by atoms with van der Waals surface area (Å²) in [4.78, 5) is 18.9. The van der Waals surface area contributed by atoms with Crippen LogP contribution in [0.5, 0.6) is 5.75 Å². The van der Waals surface area contributed by atoms with Gasteiger partial charge < -0.3 is 15.4 Å². The summed E-state index contributed by atoms with van der Waals surface area (Å²) < 4.78 is 5.90. The molecule has 2 N–H and O–H groups in total. The van der Waals surface area contributed by atoms with Crippen molar-refractivity contribution in [3.05, 3.63) is 47.7 Å². The molecule has 1 amide bonds. The third-order valence-electron chi connectivity index (χ3n) is 5.45. The van der Waals surface area contributed by atoms with Crippen LogP contribution in [0.25, 0.3) is 0 Å². The Kier molecular flexibility index (Phi) is 4.53. The van der Waals surface area contributed by atoms with Gasteiger partial charge in [0.15, 0.2) is 0 Å². The molecule has 2 heterocycles. The second-order valence-corrected chi connectivity index (χ2v) is 7.34. The van der Waals surface area contributed by atoms with Crippen LogP contribution in [0.4, 0.5) is 11.5 Å². The van der Waals surface area contributed by atoms with E-state index in [1.54, 1.807) is 17.2 Å². The number of rotatable bonds is 2. The summed E-state index contributed by atoms with van der Waals surface area (Å²) in [5.41, 5.74) is 8.58. The summed E-state index contributed by atoms with van der Waals surface area (Å²) in [7, 11) is 0. The summed E-state index contributed by atoms with van der Waals surface area (Å²) in [6.45, 7) is 2.44. The number of anilines is 2. The van der Waals surface area contributed by atoms with Crippen LogP contribution in [0.3, 0.4) is 0 Å². The van der Waals surface area contributed by atoms with Gasteiger partial charge in [0.1, 0.15) is 23.2 Å². The van der Waals surface area contributed by atoms with Crippen LogP contribution in [0.15, 0.2) is 36.5 Å². The van der Waals surface area contributed by atoms with Gasteiger partial charge >= 0.3 is 0 Å². The van der Waals surface area contributed by atoms with E-state index < -0.39 is 0 Å². The van der Waals surface area contributed by atoms with Gasteiger partial charge in [-0.05, 0) is 49.4 Å². The number of aromatic nitrogens is 1. The largest absolute Gasteiger partial charge is 0.488 e. The van der Waals surface area contributed by atoms with Crippen molar-refractivity contribution in [1.82, 2.24) is 4.98 Å². The summed E-state index contributed by atoms with van der Waals surface area (Å²) >= 11 is 0. The smallest absolute Gasteiger partial charge is 0.265 e. The lowest BCUT2D eigenvalue weighted by Crippen LogP contribution is -2.36. The minimum atomic E-state index is -0.152. The van der Waals surface area contributed by atoms with Gasteiger partial charge in [0.25, 0.3) is 5.91 Å². The van der Waals surface area contributed by atoms with Crippen molar-refractivity contribution in [2.75, 3.05) is 17.2 Å². The van der Waals surface area contributed by atoms with E-state index in [0.29, 0.717) is 23.8 Å². The summed E-state index contributed by atoms with van der Waals surface area (Å²) in [5.74, 6) is 1.22. The maximum absolute atomic E-state index is 13.1. The number of hydrogen-bond donors (Lipinski definition) is 1. The molecule has 0 radical (unpaired) electrons. The zero-order valence-electron chi connectivity index (χ0n) is 15.1. The maximum Gasteiger partial charge on any atom is 0.265 e. The molecule has 0 bridgehead atoms. The van der Waals surface area contributed by atoms with Crippen LogP contribution in [0.2, 0.25) is 0 Å². The molecule has 1 aliphatic heterocycles. The number of amides is 1. The van der Waals surface area contributed by atoms with Gasteiger partial charge in [-0.3, -0.25) is 4.79 Å². The highest BCUT2D eigenvalue weighted by atomic mass is 16.5. The first-order valence-electron chi connectivity index (χ1n) is 9.46. The SMILES string of the molecule is C[C@@H]1CN(c2ccc(C3CCCCC3)cc2)C(=O)c2c(ccnc2N)O1. The molecular weight excluding hydrogens is 326 g/mol. The molecule has 26 heavy (non-hydrogen) atoms. The summed E-state index contributed by atoms with van der Waals surface area (Å²) in [6, 6.07) is 10.1. The standard InChI is InChI=1S/C21H25N3O2/c1-14-13-24(21(25)19-18(26-14)11-12-23-20(19)22)17-9-7-16(8-10-17)15-5-3-2-4-6-15/h7-12,14-15H,2-6,13H2,1H3,(H2,22,23)/t14-/m1/s1. The predicted octanol–water partition coefficient (Wildman–Crippen LogP) is 4.14. The van der Waals surface area contributed by atoms with Gasteiger partial charge in [0.2, 0.25) is 0 Å². The lowest BCUT2D eigenvalue weighted by atomic mass is 9.84. The van der Waals surface area contributed by atoms with Gasteiger partial charge in [-0.15, -0.1) is 0 Å². The van der Waals surface area contributed by atoms with Crippen LogP contribution < -0.4 is 15.4 Å². The molecule has 1 aromatic heterocycles. The molecule has 1 saturated carbocycles. The minimum Gasteiger partial charge on any atom is -0.488 e. The second-order valence-electron chi connectivity index (χ2n) is 7.34. The van der Waals surface area contributed by atoms with E-state index in [1.807, 2.05) is 19.1 Å². The molecule has 0 unspecified atom stereocenters. The van der Waals surface area contributed by atoms with E-state index in [4.69, 9.17) is 10.5 Å². The molecule has 5 nitrogen and oxygen atoms in total. The molecular formula is C21H25N3O2. The first-order valence-corrected chi connectivity index (χ1v) is 9.46. The summed E-state index contributed by atoms with van der Waals surface area (Å²) in [6.07, 6.45) is 7.96. The molecule has 4 rings (SSSR count). The van der Waals surface area contributed by atoms with E-state index in [-0.39, 0.29) is 17.8 Å². The highest BCUT2D eigenvalue weighted by molar-refractivity contribution is 6.11. The van der Waals surface area contributed by atoms with Gasteiger partial charge in [0.05, 0.1) is 6.54 Å². The van der Waals surface area contributed by atoms with E-state index in [9.17, 15) is 4.79 Å².